The molecule has 0 bridgehead atoms. The van der Waals surface area contributed by atoms with Crippen molar-refractivity contribution in [2.45, 2.75) is 18.6 Å². The Bertz CT molecular complexity index is 328. The van der Waals surface area contributed by atoms with Crippen molar-refractivity contribution in [1.29, 1.82) is 0 Å². The molecule has 1 rings (SSSR count). The van der Waals surface area contributed by atoms with Gasteiger partial charge in [0, 0.05) is 7.11 Å². The minimum absolute atomic E-state index is 0.344. The number of methoxy groups -OCH3 is 1. The van der Waals surface area contributed by atoms with Crippen LogP contribution in [0.2, 0.25) is 0 Å². The highest BCUT2D eigenvalue weighted by Gasteiger charge is 2.17. The van der Waals surface area contributed by atoms with Gasteiger partial charge in [-0.1, -0.05) is 12.1 Å². The highest BCUT2D eigenvalue weighted by Crippen LogP contribution is 2.21. The second kappa shape index (κ2) is 8.05. The molecule has 0 saturated carbocycles. The van der Waals surface area contributed by atoms with Crippen LogP contribution in [0.3, 0.4) is 0 Å². The zero-order valence-corrected chi connectivity index (χ0v) is 10.6. The van der Waals surface area contributed by atoms with E-state index in [-0.39, 0.29) is 0 Å². The summed E-state index contributed by atoms with van der Waals surface area (Å²) in [6, 6.07) is 6.96. The highest BCUT2D eigenvalue weighted by atomic mass is 16.5. The number of aliphatic hydroxyl groups excluding tert-OH is 2. The number of rotatable bonds is 8. The second-order valence-corrected chi connectivity index (χ2v) is 4.00. The first-order chi connectivity index (χ1) is 8.69. The van der Waals surface area contributed by atoms with Crippen molar-refractivity contribution < 1.29 is 19.7 Å². The van der Waals surface area contributed by atoms with Crippen LogP contribution in [0.5, 0.6) is 5.75 Å². The van der Waals surface area contributed by atoms with Gasteiger partial charge in [0.15, 0.2) is 0 Å². The van der Waals surface area contributed by atoms with E-state index in [4.69, 9.17) is 15.2 Å². The van der Waals surface area contributed by atoms with Gasteiger partial charge in [-0.2, -0.15) is 0 Å². The molecule has 0 fully saturated rings. The van der Waals surface area contributed by atoms with Crippen molar-refractivity contribution in [3.05, 3.63) is 29.8 Å². The van der Waals surface area contributed by atoms with Crippen LogP contribution in [0, 0.1) is 0 Å². The van der Waals surface area contributed by atoms with E-state index >= 15 is 0 Å². The van der Waals surface area contributed by atoms with Crippen LogP contribution in [0.4, 0.5) is 0 Å². The quantitative estimate of drug-likeness (QED) is 0.587. The van der Waals surface area contributed by atoms with Crippen molar-refractivity contribution in [3.63, 3.8) is 0 Å². The van der Waals surface area contributed by atoms with E-state index in [2.05, 4.69) is 0 Å². The smallest absolute Gasteiger partial charge is 0.119 e. The molecule has 4 N–H and O–H groups in total. The van der Waals surface area contributed by atoms with Crippen molar-refractivity contribution in [1.82, 2.24) is 0 Å². The van der Waals surface area contributed by atoms with Crippen LogP contribution in [0.15, 0.2) is 24.3 Å². The third-order valence-electron chi connectivity index (χ3n) is 2.60. The van der Waals surface area contributed by atoms with Crippen LogP contribution in [0.25, 0.3) is 0 Å². The SMILES string of the molecule is COCCOc1ccc(C(O)C(O)CCN)cc1. The van der Waals surface area contributed by atoms with Crippen LogP contribution < -0.4 is 10.5 Å². The summed E-state index contributed by atoms with van der Waals surface area (Å²) in [6.45, 7) is 1.35. The third kappa shape index (κ3) is 4.62. The van der Waals surface area contributed by atoms with Crippen LogP contribution >= 0.6 is 0 Å². The first kappa shape index (κ1) is 14.9. The summed E-state index contributed by atoms with van der Waals surface area (Å²) in [6.07, 6.45) is -1.38. The Hall–Kier alpha value is -1.14. The molecule has 0 aliphatic carbocycles. The fourth-order valence-corrected chi connectivity index (χ4v) is 1.55. The Morgan fingerprint density at radius 1 is 1.17 bits per heavy atom. The Morgan fingerprint density at radius 2 is 1.83 bits per heavy atom. The normalized spacial score (nSPS) is 14.2. The summed E-state index contributed by atoms with van der Waals surface area (Å²) in [5.74, 6) is 0.705. The fourth-order valence-electron chi connectivity index (χ4n) is 1.55. The third-order valence-corrected chi connectivity index (χ3v) is 2.60. The Labute approximate surface area is 107 Å². The van der Waals surface area contributed by atoms with Gasteiger partial charge in [0.2, 0.25) is 0 Å². The molecule has 1 aromatic rings. The highest BCUT2D eigenvalue weighted by molar-refractivity contribution is 5.29. The van der Waals surface area contributed by atoms with E-state index in [9.17, 15) is 10.2 Å². The molecule has 2 atom stereocenters. The topological polar surface area (TPSA) is 84.9 Å². The lowest BCUT2D eigenvalue weighted by Gasteiger charge is -2.17. The summed E-state index contributed by atoms with van der Waals surface area (Å²) in [4.78, 5) is 0. The summed E-state index contributed by atoms with van der Waals surface area (Å²) < 4.78 is 10.3. The van der Waals surface area contributed by atoms with E-state index in [0.717, 1.165) is 0 Å². The number of hydrogen-bond donors (Lipinski definition) is 3. The van der Waals surface area contributed by atoms with Gasteiger partial charge in [0.05, 0.1) is 12.7 Å². The van der Waals surface area contributed by atoms with E-state index < -0.39 is 12.2 Å². The lowest BCUT2D eigenvalue weighted by molar-refractivity contribution is 0.0150. The average Bonchev–Trinajstić information content (AvgIpc) is 2.39. The molecule has 0 saturated heterocycles. The number of ether oxygens (including phenoxy) is 2. The van der Waals surface area contributed by atoms with Gasteiger partial charge in [-0.15, -0.1) is 0 Å². The van der Waals surface area contributed by atoms with Gasteiger partial charge < -0.3 is 25.4 Å². The molecular weight excluding hydrogens is 234 g/mol. The zero-order valence-electron chi connectivity index (χ0n) is 10.6. The summed E-state index contributed by atoms with van der Waals surface area (Å²) >= 11 is 0. The molecule has 0 spiro atoms. The molecule has 18 heavy (non-hydrogen) atoms. The predicted octanol–water partition coefficient (Wildman–Crippen LogP) is 0.455. The van der Waals surface area contributed by atoms with E-state index in [1.807, 2.05) is 0 Å². The van der Waals surface area contributed by atoms with Gasteiger partial charge in [0.1, 0.15) is 18.5 Å². The number of aliphatic hydroxyl groups is 2. The lowest BCUT2D eigenvalue weighted by atomic mass is 10.0. The second-order valence-electron chi connectivity index (χ2n) is 4.00. The van der Waals surface area contributed by atoms with Crippen molar-refractivity contribution in [3.8, 4) is 5.75 Å². The van der Waals surface area contributed by atoms with Crippen LogP contribution in [0.1, 0.15) is 18.1 Å². The molecule has 0 radical (unpaired) electrons. The molecular formula is C13H21NO4. The molecule has 0 aliphatic rings. The fraction of sp³-hybridized carbons (Fsp3) is 0.538. The van der Waals surface area contributed by atoms with E-state index in [1.165, 1.54) is 0 Å². The summed E-state index contributed by atoms with van der Waals surface area (Å²) in [5, 5.41) is 19.5. The molecule has 102 valence electrons. The Morgan fingerprint density at radius 3 is 2.39 bits per heavy atom. The standard InChI is InChI=1S/C13H21NO4/c1-17-8-9-18-11-4-2-10(3-5-11)13(16)12(15)6-7-14/h2-5,12-13,15-16H,6-9,14H2,1H3. The van der Waals surface area contributed by atoms with E-state index in [0.29, 0.717) is 37.5 Å². The van der Waals surface area contributed by atoms with Crippen molar-refractivity contribution >= 4 is 0 Å². The maximum atomic E-state index is 9.86. The van der Waals surface area contributed by atoms with Gasteiger partial charge in [-0.3, -0.25) is 0 Å². The number of nitrogens with two attached hydrogens (primary N) is 1. The Kier molecular flexibility index (Phi) is 6.67. The predicted molar refractivity (Wildman–Crippen MR) is 68.5 cm³/mol. The minimum atomic E-state index is -0.915. The molecule has 5 heteroatoms. The molecule has 0 aliphatic heterocycles. The number of benzene rings is 1. The van der Waals surface area contributed by atoms with E-state index in [1.54, 1.807) is 31.4 Å². The van der Waals surface area contributed by atoms with Crippen molar-refractivity contribution in [2.24, 2.45) is 5.73 Å². The number of hydrogen-bond acceptors (Lipinski definition) is 5. The maximum absolute atomic E-state index is 9.86. The molecule has 0 amide bonds. The maximum Gasteiger partial charge on any atom is 0.119 e. The summed E-state index contributed by atoms with van der Waals surface area (Å²) in [7, 11) is 1.61. The first-order valence-corrected chi connectivity index (χ1v) is 5.97. The summed E-state index contributed by atoms with van der Waals surface area (Å²) in [5.41, 5.74) is 5.98. The van der Waals surface area contributed by atoms with Gasteiger partial charge in [-0.05, 0) is 30.7 Å². The molecule has 0 heterocycles. The monoisotopic (exact) mass is 255 g/mol. The molecule has 0 aromatic heterocycles. The molecule has 2 unspecified atom stereocenters. The van der Waals surface area contributed by atoms with Crippen LogP contribution in [-0.2, 0) is 4.74 Å². The molecule has 1 aromatic carbocycles. The minimum Gasteiger partial charge on any atom is -0.491 e. The zero-order chi connectivity index (χ0) is 13.4. The Balaban J connectivity index is 2.53. The average molecular weight is 255 g/mol. The largest absolute Gasteiger partial charge is 0.491 e. The molecule has 5 nitrogen and oxygen atoms in total. The van der Waals surface area contributed by atoms with Crippen molar-refractivity contribution in [2.75, 3.05) is 26.9 Å². The lowest BCUT2D eigenvalue weighted by Crippen LogP contribution is -2.21. The van der Waals surface area contributed by atoms with Gasteiger partial charge in [-0.25, -0.2) is 0 Å². The van der Waals surface area contributed by atoms with Gasteiger partial charge in [0.25, 0.3) is 0 Å². The van der Waals surface area contributed by atoms with Crippen LogP contribution in [-0.4, -0.2) is 43.2 Å². The first-order valence-electron chi connectivity index (χ1n) is 5.97. The van der Waals surface area contributed by atoms with Gasteiger partial charge >= 0.3 is 0 Å².